The Labute approximate surface area is 161 Å². The molecule has 0 aliphatic rings. The molecule has 2 aromatic rings. The highest BCUT2D eigenvalue weighted by molar-refractivity contribution is 7.80. The molecule has 0 spiro atoms. The van der Waals surface area contributed by atoms with E-state index in [1.54, 1.807) is 30.5 Å². The zero-order valence-electron chi connectivity index (χ0n) is 14.1. The van der Waals surface area contributed by atoms with Crippen LogP contribution in [-0.4, -0.2) is 22.3 Å². The first-order valence-electron chi connectivity index (χ1n) is 7.66. The molecular weight excluding hydrogens is 376 g/mol. The van der Waals surface area contributed by atoms with Gasteiger partial charge in [0.25, 0.3) is 0 Å². The number of rotatable bonds is 6. The molecule has 0 radical (unpaired) electrons. The van der Waals surface area contributed by atoms with Crippen LogP contribution in [0.2, 0.25) is 5.02 Å². The van der Waals surface area contributed by atoms with Crippen LogP contribution >= 0.6 is 23.8 Å². The van der Waals surface area contributed by atoms with Gasteiger partial charge in [0.05, 0.1) is 11.1 Å². The number of nitro groups is 1. The predicted octanol–water partition coefficient (Wildman–Crippen LogP) is 4.25. The summed E-state index contributed by atoms with van der Waals surface area (Å²) in [5.74, 6) is 0.574. The van der Waals surface area contributed by atoms with E-state index in [0.717, 1.165) is 5.56 Å². The molecule has 9 heteroatoms. The largest absolute Gasteiger partial charge is 0.450 e. The number of nitrogens with zero attached hydrogens (tertiary/aromatic N) is 2. The van der Waals surface area contributed by atoms with Crippen LogP contribution < -0.4 is 15.5 Å². The van der Waals surface area contributed by atoms with Gasteiger partial charge in [-0.3, -0.25) is 15.5 Å². The number of ether oxygens (including phenoxy) is 1. The Morgan fingerprint density at radius 1 is 1.31 bits per heavy atom. The number of hydrogen-bond acceptors (Lipinski definition) is 5. The number of halogens is 1. The van der Waals surface area contributed by atoms with Crippen molar-refractivity contribution in [2.45, 2.75) is 19.9 Å². The van der Waals surface area contributed by atoms with Crippen LogP contribution in [0.5, 0.6) is 11.5 Å². The second kappa shape index (κ2) is 9.12. The van der Waals surface area contributed by atoms with Crippen molar-refractivity contribution in [2.24, 2.45) is 5.10 Å². The van der Waals surface area contributed by atoms with Gasteiger partial charge in [-0.1, -0.05) is 11.6 Å². The van der Waals surface area contributed by atoms with E-state index in [1.165, 1.54) is 18.2 Å². The lowest BCUT2D eigenvalue weighted by molar-refractivity contribution is -0.385. The first-order chi connectivity index (χ1) is 12.3. The number of hydrogen-bond donors (Lipinski definition) is 2. The molecule has 0 saturated heterocycles. The minimum atomic E-state index is -0.540. The molecule has 0 saturated carbocycles. The van der Waals surface area contributed by atoms with Crippen molar-refractivity contribution >= 4 is 40.8 Å². The fourth-order valence-electron chi connectivity index (χ4n) is 1.93. The van der Waals surface area contributed by atoms with Crippen molar-refractivity contribution in [3.63, 3.8) is 0 Å². The highest BCUT2D eigenvalue weighted by Crippen LogP contribution is 2.33. The maximum absolute atomic E-state index is 11.1. The summed E-state index contributed by atoms with van der Waals surface area (Å²) in [5.41, 5.74) is 3.33. The van der Waals surface area contributed by atoms with Crippen molar-refractivity contribution in [2.75, 3.05) is 0 Å². The molecule has 26 heavy (non-hydrogen) atoms. The summed E-state index contributed by atoms with van der Waals surface area (Å²) < 4.78 is 5.58. The van der Waals surface area contributed by atoms with E-state index in [1.807, 2.05) is 13.8 Å². The van der Waals surface area contributed by atoms with E-state index in [2.05, 4.69) is 15.8 Å². The molecule has 0 aliphatic carbocycles. The maximum Gasteiger partial charge on any atom is 0.313 e. The van der Waals surface area contributed by atoms with E-state index in [-0.39, 0.29) is 22.5 Å². The van der Waals surface area contributed by atoms with Crippen LogP contribution in [-0.2, 0) is 0 Å². The fraction of sp³-hybridized carbons (Fsp3) is 0.176. The molecule has 0 aromatic heterocycles. The second-order valence-electron chi connectivity index (χ2n) is 5.54. The Morgan fingerprint density at radius 3 is 2.62 bits per heavy atom. The van der Waals surface area contributed by atoms with Crippen molar-refractivity contribution in [3.8, 4) is 11.5 Å². The van der Waals surface area contributed by atoms with Crippen LogP contribution in [0.1, 0.15) is 19.4 Å². The summed E-state index contributed by atoms with van der Waals surface area (Å²) in [4.78, 5) is 10.5. The van der Waals surface area contributed by atoms with Gasteiger partial charge in [-0.25, -0.2) is 0 Å². The molecule has 0 bridgehead atoms. The van der Waals surface area contributed by atoms with Crippen molar-refractivity contribution in [1.82, 2.24) is 10.7 Å². The standard InChI is InChI=1S/C17H17ClN4O3S/c1-11(2)20-17(26)21-19-10-12-3-6-14(7-4-12)25-16-8-5-13(18)9-15(16)22(23)24/h3-11H,1-2H3,(H2,20,21,26)/b19-10-. The van der Waals surface area contributed by atoms with Gasteiger partial charge >= 0.3 is 5.69 Å². The quantitative estimate of drug-likeness (QED) is 0.330. The highest BCUT2D eigenvalue weighted by atomic mass is 35.5. The molecule has 0 amide bonds. The van der Waals surface area contributed by atoms with Crippen LogP contribution in [0.4, 0.5) is 5.69 Å². The topological polar surface area (TPSA) is 88.8 Å². The molecule has 0 fully saturated rings. The first kappa shape index (κ1) is 19.6. The predicted molar refractivity (Wildman–Crippen MR) is 106 cm³/mol. The van der Waals surface area contributed by atoms with E-state index < -0.39 is 4.92 Å². The molecular formula is C17H17ClN4O3S. The van der Waals surface area contributed by atoms with Gasteiger partial charge in [-0.2, -0.15) is 5.10 Å². The van der Waals surface area contributed by atoms with Gasteiger partial charge in [0.2, 0.25) is 5.75 Å². The molecule has 0 unspecified atom stereocenters. The number of thiocarbonyl (C=S) groups is 1. The summed E-state index contributed by atoms with van der Waals surface area (Å²) in [6, 6.07) is 11.4. The van der Waals surface area contributed by atoms with Gasteiger partial charge < -0.3 is 10.1 Å². The Bertz CT molecular complexity index is 825. The van der Waals surface area contributed by atoms with Crippen LogP contribution in [0.3, 0.4) is 0 Å². The molecule has 136 valence electrons. The summed E-state index contributed by atoms with van der Waals surface area (Å²) in [7, 11) is 0. The number of nitrogens with one attached hydrogen (secondary N) is 2. The third kappa shape index (κ3) is 5.98. The number of benzene rings is 2. The molecule has 0 heterocycles. The monoisotopic (exact) mass is 392 g/mol. The van der Waals surface area contributed by atoms with Crippen LogP contribution in [0.15, 0.2) is 47.6 Å². The first-order valence-corrected chi connectivity index (χ1v) is 8.45. The van der Waals surface area contributed by atoms with E-state index >= 15 is 0 Å². The minimum Gasteiger partial charge on any atom is -0.450 e. The molecule has 2 rings (SSSR count). The van der Waals surface area contributed by atoms with Crippen molar-refractivity contribution < 1.29 is 9.66 Å². The summed E-state index contributed by atoms with van der Waals surface area (Å²) in [6.45, 7) is 3.95. The lowest BCUT2D eigenvalue weighted by atomic mass is 10.2. The molecule has 0 aliphatic heterocycles. The Hall–Kier alpha value is -2.71. The highest BCUT2D eigenvalue weighted by Gasteiger charge is 2.16. The van der Waals surface area contributed by atoms with Gasteiger partial charge in [0.1, 0.15) is 5.75 Å². The third-order valence-electron chi connectivity index (χ3n) is 3.03. The van der Waals surface area contributed by atoms with Gasteiger partial charge in [0.15, 0.2) is 5.11 Å². The Morgan fingerprint density at radius 2 is 2.00 bits per heavy atom. The zero-order valence-corrected chi connectivity index (χ0v) is 15.7. The zero-order chi connectivity index (χ0) is 19.1. The van der Waals surface area contributed by atoms with Crippen molar-refractivity contribution in [3.05, 3.63) is 63.2 Å². The maximum atomic E-state index is 11.1. The van der Waals surface area contributed by atoms with Gasteiger partial charge in [-0.05, 0) is 68.0 Å². The summed E-state index contributed by atoms with van der Waals surface area (Å²) in [5, 5.41) is 18.8. The van der Waals surface area contributed by atoms with Gasteiger partial charge in [0, 0.05) is 17.1 Å². The summed E-state index contributed by atoms with van der Waals surface area (Å²) >= 11 is 10.9. The second-order valence-corrected chi connectivity index (χ2v) is 6.38. The smallest absolute Gasteiger partial charge is 0.313 e. The van der Waals surface area contributed by atoms with E-state index in [9.17, 15) is 10.1 Å². The molecule has 0 atom stereocenters. The normalized spacial score (nSPS) is 10.8. The fourth-order valence-corrected chi connectivity index (χ4v) is 2.38. The SMILES string of the molecule is CC(C)NC(=S)N/N=C\c1ccc(Oc2ccc(Cl)cc2[N+](=O)[O-])cc1. The minimum absolute atomic E-state index is 0.118. The lowest BCUT2D eigenvalue weighted by Gasteiger charge is -2.09. The summed E-state index contributed by atoms with van der Waals surface area (Å²) in [6.07, 6.45) is 1.60. The molecule has 2 aromatic carbocycles. The Kier molecular flexibility index (Phi) is 6.88. The average molecular weight is 393 g/mol. The molecule has 7 nitrogen and oxygen atoms in total. The Balaban J connectivity index is 2.02. The van der Waals surface area contributed by atoms with Crippen LogP contribution in [0, 0.1) is 10.1 Å². The van der Waals surface area contributed by atoms with Crippen LogP contribution in [0.25, 0.3) is 0 Å². The van der Waals surface area contributed by atoms with E-state index in [4.69, 9.17) is 28.6 Å². The van der Waals surface area contributed by atoms with Gasteiger partial charge in [-0.15, -0.1) is 0 Å². The molecule has 2 N–H and O–H groups in total. The van der Waals surface area contributed by atoms with Crippen molar-refractivity contribution in [1.29, 1.82) is 0 Å². The third-order valence-corrected chi connectivity index (χ3v) is 3.47. The number of nitro benzene ring substituents is 1. The van der Waals surface area contributed by atoms with E-state index in [0.29, 0.717) is 10.9 Å². The number of hydrazone groups is 1. The average Bonchev–Trinajstić information content (AvgIpc) is 2.57. The lowest BCUT2D eigenvalue weighted by Crippen LogP contribution is -2.36.